The molecule has 4 amide bonds. The zero-order valence-electron chi connectivity index (χ0n) is 35.0. The van der Waals surface area contributed by atoms with Crippen molar-refractivity contribution in [2.75, 3.05) is 13.7 Å². The first-order chi connectivity index (χ1) is 28.5. The summed E-state index contributed by atoms with van der Waals surface area (Å²) in [6, 6.07) is 3.48. The maximum absolute atomic E-state index is 14.7. The summed E-state index contributed by atoms with van der Waals surface area (Å²) in [7, 11) is -2.28. The molecule has 2 aromatic heterocycles. The summed E-state index contributed by atoms with van der Waals surface area (Å²) >= 11 is 1.52. The standard InChI is InChI=1S/C43H56N6O9S2/c1-24-34(56-5)18-17-29-35(20-31(44-36(24)29)38-45-32(23-59-38)25-13-14-25)57-27-19-33-37(50)47-43(40(52)48-60(54,55)28-15-16-28)21-26(43)11-9-7-6-8-10-12-30(39(51)49(33)22-27)46-41(53)58-42(2,3)4/h17-18,20,23,25-28,30,33H,6-16,19,21-22H2,1-5H3,(H,46,53)(H,47,50)(H,48,52)/t26-,27-,30+,33+,43-/m1/s1. The fourth-order valence-corrected chi connectivity index (χ4v) is 10.9. The van der Waals surface area contributed by atoms with E-state index in [0.717, 1.165) is 54.8 Å². The number of aromatic nitrogens is 2. The number of benzene rings is 1. The number of carbonyl (C=O) groups is 4. The zero-order chi connectivity index (χ0) is 42.6. The molecule has 0 unspecified atom stereocenters. The van der Waals surface area contributed by atoms with E-state index in [1.165, 1.54) is 16.2 Å². The molecule has 4 heterocycles. The molecule has 3 N–H and O–H groups in total. The molecule has 2 saturated heterocycles. The molecule has 60 heavy (non-hydrogen) atoms. The maximum Gasteiger partial charge on any atom is 0.408 e. The topological polar surface area (TPSA) is 195 Å². The van der Waals surface area contributed by atoms with Crippen molar-refractivity contribution in [1.29, 1.82) is 0 Å². The smallest absolute Gasteiger partial charge is 0.408 e. The number of carbonyl (C=O) groups excluding carboxylic acids is 4. The molecule has 5 atom stereocenters. The SMILES string of the molecule is COc1ccc2c(O[C@@H]3C[C@H]4C(=O)N[C@]5(C(=O)NS(=O)(=O)C6CC6)C[C@H]5CCCCCCC[C@H](NC(=O)OC(C)(C)C)C(=O)N4C3)cc(-c3nc(C4CC4)cs3)nc2c1C. The van der Waals surface area contributed by atoms with Crippen LogP contribution in [0.25, 0.3) is 21.6 Å². The highest BCUT2D eigenvalue weighted by Crippen LogP contribution is 2.48. The summed E-state index contributed by atoms with van der Waals surface area (Å²) in [5.74, 6) is -0.426. The number of amides is 4. The number of nitrogens with one attached hydrogen (secondary N) is 3. The van der Waals surface area contributed by atoms with E-state index in [1.54, 1.807) is 27.9 Å². The van der Waals surface area contributed by atoms with E-state index in [4.69, 9.17) is 24.2 Å². The van der Waals surface area contributed by atoms with Crippen LogP contribution in [0.15, 0.2) is 23.6 Å². The quantitative estimate of drug-likeness (QED) is 0.228. The molecule has 324 valence electrons. The van der Waals surface area contributed by atoms with Crippen molar-refractivity contribution in [2.24, 2.45) is 5.92 Å². The van der Waals surface area contributed by atoms with Gasteiger partial charge in [0.25, 0.3) is 5.91 Å². The zero-order valence-corrected chi connectivity index (χ0v) is 36.6. The lowest BCUT2D eigenvalue weighted by Gasteiger charge is -2.30. The molecule has 0 radical (unpaired) electrons. The lowest BCUT2D eigenvalue weighted by Crippen LogP contribution is -2.58. The normalized spacial score (nSPS) is 26.5. The molecule has 17 heteroatoms. The van der Waals surface area contributed by atoms with Crippen LogP contribution in [0.5, 0.6) is 11.5 Å². The van der Waals surface area contributed by atoms with Gasteiger partial charge >= 0.3 is 6.09 Å². The molecule has 3 aromatic rings. The fraction of sp³-hybridized carbons (Fsp3) is 0.628. The predicted molar refractivity (Wildman–Crippen MR) is 225 cm³/mol. The number of methoxy groups -OCH3 is 1. The summed E-state index contributed by atoms with van der Waals surface area (Å²) in [5, 5.41) is 8.69. The highest BCUT2D eigenvalue weighted by molar-refractivity contribution is 7.91. The van der Waals surface area contributed by atoms with E-state index in [1.807, 2.05) is 25.1 Å². The molecular formula is C43H56N6O9S2. The van der Waals surface area contributed by atoms with Crippen LogP contribution in [0.1, 0.15) is 121 Å². The van der Waals surface area contributed by atoms with Gasteiger partial charge in [-0.1, -0.05) is 32.1 Å². The van der Waals surface area contributed by atoms with Crippen LogP contribution in [0.3, 0.4) is 0 Å². The second kappa shape index (κ2) is 16.4. The summed E-state index contributed by atoms with van der Waals surface area (Å²) in [6.07, 6.45) is 7.10. The minimum atomic E-state index is -3.89. The fourth-order valence-electron chi connectivity index (χ4n) is 8.66. The molecule has 3 aliphatic carbocycles. The largest absolute Gasteiger partial charge is 0.496 e. The highest BCUT2D eigenvalue weighted by Gasteiger charge is 2.62. The van der Waals surface area contributed by atoms with E-state index in [9.17, 15) is 27.6 Å². The predicted octanol–water partition coefficient (Wildman–Crippen LogP) is 6.02. The van der Waals surface area contributed by atoms with E-state index >= 15 is 0 Å². The van der Waals surface area contributed by atoms with Crippen LogP contribution in [-0.2, 0) is 29.1 Å². The van der Waals surface area contributed by atoms with Gasteiger partial charge in [-0.25, -0.2) is 23.2 Å². The number of hydrogen-bond acceptors (Lipinski definition) is 12. The lowest BCUT2D eigenvalue weighted by atomic mass is 10.0. The van der Waals surface area contributed by atoms with Gasteiger partial charge in [-0.2, -0.15) is 0 Å². The monoisotopic (exact) mass is 864 g/mol. The molecule has 2 aliphatic heterocycles. The Kier molecular flexibility index (Phi) is 11.5. The molecule has 0 spiro atoms. The minimum absolute atomic E-state index is 0.000527. The van der Waals surface area contributed by atoms with Crippen LogP contribution < -0.4 is 24.8 Å². The van der Waals surface area contributed by atoms with E-state index < -0.39 is 68.4 Å². The van der Waals surface area contributed by atoms with Crippen molar-refractivity contribution < 1.29 is 41.8 Å². The van der Waals surface area contributed by atoms with E-state index in [-0.39, 0.29) is 18.9 Å². The average Bonchev–Trinajstić information content (AvgIpc) is 4.14. The van der Waals surface area contributed by atoms with Crippen LogP contribution in [0, 0.1) is 12.8 Å². The molecular weight excluding hydrogens is 809 g/mol. The number of ether oxygens (including phenoxy) is 3. The van der Waals surface area contributed by atoms with Crippen molar-refractivity contribution in [1.82, 2.24) is 30.2 Å². The van der Waals surface area contributed by atoms with Crippen molar-refractivity contribution in [2.45, 2.75) is 152 Å². The van der Waals surface area contributed by atoms with Gasteiger partial charge in [-0.15, -0.1) is 11.3 Å². The van der Waals surface area contributed by atoms with E-state index in [2.05, 4.69) is 20.7 Å². The lowest BCUT2D eigenvalue weighted by molar-refractivity contribution is -0.141. The Labute approximate surface area is 355 Å². The van der Waals surface area contributed by atoms with Gasteiger partial charge in [0.2, 0.25) is 21.8 Å². The van der Waals surface area contributed by atoms with Crippen molar-refractivity contribution in [3.63, 3.8) is 0 Å². The molecule has 5 fully saturated rings. The van der Waals surface area contributed by atoms with Gasteiger partial charge in [0.1, 0.15) is 51.5 Å². The Morgan fingerprint density at radius 2 is 1.72 bits per heavy atom. The van der Waals surface area contributed by atoms with Gasteiger partial charge in [-0.3, -0.25) is 19.1 Å². The number of aryl methyl sites for hydroxylation is 1. The van der Waals surface area contributed by atoms with Gasteiger partial charge in [0.15, 0.2) is 0 Å². The molecule has 0 bridgehead atoms. The Morgan fingerprint density at radius 1 is 0.983 bits per heavy atom. The summed E-state index contributed by atoms with van der Waals surface area (Å²) < 4.78 is 46.3. The van der Waals surface area contributed by atoms with Crippen molar-refractivity contribution >= 4 is 56.1 Å². The number of rotatable bonds is 9. The third-order valence-electron chi connectivity index (χ3n) is 12.3. The van der Waals surface area contributed by atoms with Gasteiger partial charge in [0, 0.05) is 34.7 Å². The third kappa shape index (κ3) is 9.07. The highest BCUT2D eigenvalue weighted by atomic mass is 32.2. The maximum atomic E-state index is 14.7. The summed E-state index contributed by atoms with van der Waals surface area (Å²) in [4.78, 5) is 67.8. The van der Waals surface area contributed by atoms with Crippen LogP contribution in [0.2, 0.25) is 0 Å². The Hall–Kier alpha value is -4.51. The van der Waals surface area contributed by atoms with Gasteiger partial charge < -0.3 is 29.7 Å². The number of alkyl carbamates (subject to hydrolysis) is 1. The van der Waals surface area contributed by atoms with Crippen LogP contribution in [-0.4, -0.2) is 95.3 Å². The van der Waals surface area contributed by atoms with Gasteiger partial charge in [0.05, 0.1) is 30.1 Å². The third-order valence-corrected chi connectivity index (χ3v) is 15.0. The molecule has 5 aliphatic rings. The Balaban J connectivity index is 1.13. The first-order valence-electron chi connectivity index (χ1n) is 21.3. The number of nitrogens with zero attached hydrogens (tertiary/aromatic N) is 3. The first kappa shape index (κ1) is 42.2. The first-order valence-corrected chi connectivity index (χ1v) is 23.8. The number of pyridine rings is 1. The number of sulfonamides is 1. The second-order valence-corrected chi connectivity index (χ2v) is 21.0. The molecule has 15 nitrogen and oxygen atoms in total. The average molecular weight is 865 g/mol. The van der Waals surface area contributed by atoms with Crippen LogP contribution >= 0.6 is 11.3 Å². The number of thiazole rings is 1. The van der Waals surface area contributed by atoms with Gasteiger partial charge in [-0.05, 0) is 90.7 Å². The van der Waals surface area contributed by atoms with Crippen LogP contribution in [0.4, 0.5) is 4.79 Å². The second-order valence-electron chi connectivity index (χ2n) is 18.2. The molecule has 3 saturated carbocycles. The van der Waals surface area contributed by atoms with Crippen molar-refractivity contribution in [3.8, 4) is 22.2 Å². The van der Waals surface area contributed by atoms with E-state index in [0.29, 0.717) is 72.5 Å². The summed E-state index contributed by atoms with van der Waals surface area (Å²) in [6.45, 7) is 7.16. The molecule has 8 rings (SSSR count). The molecule has 1 aromatic carbocycles. The van der Waals surface area contributed by atoms with Crippen molar-refractivity contribution in [3.05, 3.63) is 34.8 Å². The Bertz CT molecular complexity index is 2280. The Morgan fingerprint density at radius 3 is 2.42 bits per heavy atom. The number of fused-ring (bicyclic) bond motifs is 3. The summed E-state index contributed by atoms with van der Waals surface area (Å²) in [5.41, 5.74) is 0.926. The minimum Gasteiger partial charge on any atom is -0.496 e. The number of hydrogen-bond donors (Lipinski definition) is 3.